The van der Waals surface area contributed by atoms with Crippen LogP contribution in [0.25, 0.3) is 11.4 Å². The van der Waals surface area contributed by atoms with E-state index in [1.54, 1.807) is 31.4 Å². The Labute approximate surface area is 173 Å². The zero-order valence-electron chi connectivity index (χ0n) is 16.4. The topological polar surface area (TPSA) is 92.8 Å². The standard InChI is InChI=1S/C21H21N5O2S/c1-4-26-19(17-10-5-6-11-18(17)28-3)24-25-21(26)29-14(2)20(27)23-16-9-7-8-15(12-16)13-22/h5-12,14H,4H2,1-3H3,(H,23,27)/t14-/m0/s1. The monoisotopic (exact) mass is 407 g/mol. The lowest BCUT2D eigenvalue weighted by Crippen LogP contribution is -2.23. The fourth-order valence-electron chi connectivity index (χ4n) is 2.81. The summed E-state index contributed by atoms with van der Waals surface area (Å²) in [6.07, 6.45) is 0. The van der Waals surface area contributed by atoms with E-state index < -0.39 is 5.25 Å². The third-order valence-corrected chi connectivity index (χ3v) is 5.37. The Hall–Kier alpha value is -3.31. The molecule has 0 saturated heterocycles. The highest BCUT2D eigenvalue weighted by Gasteiger charge is 2.21. The molecule has 2 aromatic carbocycles. The number of aromatic nitrogens is 3. The largest absolute Gasteiger partial charge is 0.496 e. The summed E-state index contributed by atoms with van der Waals surface area (Å²) in [5.74, 6) is 1.24. The molecular weight excluding hydrogens is 386 g/mol. The van der Waals surface area contributed by atoms with Crippen molar-refractivity contribution in [2.45, 2.75) is 30.8 Å². The molecule has 1 aromatic heterocycles. The summed E-state index contributed by atoms with van der Waals surface area (Å²) in [5, 5.41) is 20.7. The van der Waals surface area contributed by atoms with Gasteiger partial charge in [0.2, 0.25) is 5.91 Å². The van der Waals surface area contributed by atoms with Crippen molar-refractivity contribution in [2.24, 2.45) is 0 Å². The second-order valence-electron chi connectivity index (χ2n) is 6.19. The molecule has 7 nitrogen and oxygen atoms in total. The number of rotatable bonds is 7. The normalized spacial score (nSPS) is 11.5. The first kappa shape index (κ1) is 20.4. The minimum Gasteiger partial charge on any atom is -0.496 e. The van der Waals surface area contributed by atoms with Crippen molar-refractivity contribution in [1.82, 2.24) is 14.8 Å². The third kappa shape index (κ3) is 4.58. The van der Waals surface area contributed by atoms with Crippen LogP contribution in [0.3, 0.4) is 0 Å². The molecule has 0 bridgehead atoms. The maximum atomic E-state index is 12.6. The van der Waals surface area contributed by atoms with Gasteiger partial charge in [0.15, 0.2) is 11.0 Å². The fraction of sp³-hybridized carbons (Fsp3) is 0.238. The molecule has 0 aliphatic rings. The molecule has 0 unspecified atom stereocenters. The number of nitrogens with zero attached hydrogens (tertiary/aromatic N) is 4. The maximum absolute atomic E-state index is 12.6. The van der Waals surface area contributed by atoms with E-state index in [1.165, 1.54) is 11.8 Å². The van der Waals surface area contributed by atoms with Crippen LogP contribution < -0.4 is 10.1 Å². The zero-order chi connectivity index (χ0) is 20.8. The van der Waals surface area contributed by atoms with Gasteiger partial charge in [-0.05, 0) is 44.2 Å². The third-order valence-electron chi connectivity index (χ3n) is 4.29. The van der Waals surface area contributed by atoms with E-state index in [2.05, 4.69) is 21.6 Å². The second-order valence-corrected chi connectivity index (χ2v) is 7.50. The molecule has 0 spiro atoms. The number of anilines is 1. The van der Waals surface area contributed by atoms with E-state index in [0.29, 0.717) is 34.5 Å². The molecular formula is C21H21N5O2S. The average molecular weight is 407 g/mol. The van der Waals surface area contributed by atoms with Gasteiger partial charge in [0.25, 0.3) is 0 Å². The molecule has 1 heterocycles. The van der Waals surface area contributed by atoms with E-state index in [0.717, 1.165) is 5.56 Å². The Morgan fingerprint density at radius 2 is 2.07 bits per heavy atom. The molecule has 0 saturated carbocycles. The average Bonchev–Trinajstić information content (AvgIpc) is 3.15. The maximum Gasteiger partial charge on any atom is 0.237 e. The van der Waals surface area contributed by atoms with Gasteiger partial charge < -0.3 is 14.6 Å². The Morgan fingerprint density at radius 1 is 1.28 bits per heavy atom. The van der Waals surface area contributed by atoms with Crippen LogP contribution in [0, 0.1) is 11.3 Å². The van der Waals surface area contributed by atoms with Crippen molar-refractivity contribution in [3.05, 3.63) is 54.1 Å². The summed E-state index contributed by atoms with van der Waals surface area (Å²) in [6, 6.07) is 16.5. The SMILES string of the molecule is CCn1c(S[C@@H](C)C(=O)Nc2cccc(C#N)c2)nnc1-c1ccccc1OC. The Kier molecular flexibility index (Phi) is 6.52. The number of carbonyl (C=O) groups is 1. The number of methoxy groups -OCH3 is 1. The zero-order valence-corrected chi connectivity index (χ0v) is 17.2. The van der Waals surface area contributed by atoms with Crippen molar-refractivity contribution >= 4 is 23.4 Å². The molecule has 1 atom stereocenters. The van der Waals surface area contributed by atoms with Gasteiger partial charge in [-0.25, -0.2) is 0 Å². The fourth-order valence-corrected chi connectivity index (χ4v) is 3.72. The van der Waals surface area contributed by atoms with Gasteiger partial charge in [-0.3, -0.25) is 4.79 Å². The van der Waals surface area contributed by atoms with Gasteiger partial charge in [0, 0.05) is 12.2 Å². The molecule has 0 fully saturated rings. The molecule has 3 rings (SSSR count). The number of thioether (sulfide) groups is 1. The molecule has 1 N–H and O–H groups in total. The van der Waals surface area contributed by atoms with E-state index >= 15 is 0 Å². The predicted octanol–water partition coefficient (Wildman–Crippen LogP) is 3.96. The second kappa shape index (κ2) is 9.26. The number of para-hydroxylation sites is 1. The van der Waals surface area contributed by atoms with Gasteiger partial charge in [0.1, 0.15) is 5.75 Å². The summed E-state index contributed by atoms with van der Waals surface area (Å²) in [6.45, 7) is 4.47. The number of amides is 1. The molecule has 0 radical (unpaired) electrons. The quantitative estimate of drug-likeness (QED) is 0.596. The first-order valence-electron chi connectivity index (χ1n) is 9.11. The number of ether oxygens (including phenoxy) is 1. The van der Waals surface area contributed by atoms with Crippen LogP contribution >= 0.6 is 11.8 Å². The molecule has 29 heavy (non-hydrogen) atoms. The van der Waals surface area contributed by atoms with Crippen LogP contribution in [0.1, 0.15) is 19.4 Å². The first-order chi connectivity index (χ1) is 14.1. The Morgan fingerprint density at radius 3 is 2.79 bits per heavy atom. The van der Waals surface area contributed by atoms with Crippen LogP contribution in [0.4, 0.5) is 5.69 Å². The van der Waals surface area contributed by atoms with Gasteiger partial charge in [-0.1, -0.05) is 30.0 Å². The first-order valence-corrected chi connectivity index (χ1v) is 9.99. The minimum atomic E-state index is -0.402. The van der Waals surface area contributed by atoms with Gasteiger partial charge >= 0.3 is 0 Å². The highest BCUT2D eigenvalue weighted by molar-refractivity contribution is 8.00. The summed E-state index contributed by atoms with van der Waals surface area (Å²) in [4.78, 5) is 12.6. The summed E-state index contributed by atoms with van der Waals surface area (Å²) in [5.41, 5.74) is 1.94. The van der Waals surface area contributed by atoms with E-state index in [-0.39, 0.29) is 5.91 Å². The summed E-state index contributed by atoms with van der Waals surface area (Å²) < 4.78 is 7.40. The van der Waals surface area contributed by atoms with E-state index in [1.807, 2.05) is 42.7 Å². The summed E-state index contributed by atoms with van der Waals surface area (Å²) >= 11 is 1.33. The van der Waals surface area contributed by atoms with E-state index in [9.17, 15) is 4.79 Å². The highest BCUT2D eigenvalue weighted by atomic mass is 32.2. The lowest BCUT2D eigenvalue weighted by molar-refractivity contribution is -0.115. The summed E-state index contributed by atoms with van der Waals surface area (Å²) in [7, 11) is 1.62. The predicted molar refractivity (Wildman–Crippen MR) is 113 cm³/mol. The lowest BCUT2D eigenvalue weighted by Gasteiger charge is -2.13. The number of nitriles is 1. The number of benzene rings is 2. The van der Waals surface area contributed by atoms with Crippen molar-refractivity contribution in [3.63, 3.8) is 0 Å². The molecule has 8 heteroatoms. The lowest BCUT2D eigenvalue weighted by atomic mass is 10.2. The van der Waals surface area contributed by atoms with Crippen molar-refractivity contribution < 1.29 is 9.53 Å². The highest BCUT2D eigenvalue weighted by Crippen LogP contribution is 2.32. The Balaban J connectivity index is 1.78. The number of hydrogen-bond donors (Lipinski definition) is 1. The van der Waals surface area contributed by atoms with Gasteiger partial charge in [-0.2, -0.15) is 5.26 Å². The molecule has 3 aromatic rings. The van der Waals surface area contributed by atoms with Crippen molar-refractivity contribution in [2.75, 3.05) is 12.4 Å². The molecule has 1 amide bonds. The van der Waals surface area contributed by atoms with Crippen LogP contribution in [-0.2, 0) is 11.3 Å². The van der Waals surface area contributed by atoms with Crippen molar-refractivity contribution in [3.8, 4) is 23.2 Å². The number of hydrogen-bond acceptors (Lipinski definition) is 6. The molecule has 148 valence electrons. The van der Waals surface area contributed by atoms with Crippen LogP contribution in [0.5, 0.6) is 5.75 Å². The number of carbonyl (C=O) groups excluding carboxylic acids is 1. The molecule has 0 aliphatic heterocycles. The van der Waals surface area contributed by atoms with E-state index in [4.69, 9.17) is 10.00 Å². The van der Waals surface area contributed by atoms with Crippen LogP contribution in [-0.4, -0.2) is 33.0 Å². The van der Waals surface area contributed by atoms with Crippen LogP contribution in [0.2, 0.25) is 0 Å². The van der Waals surface area contributed by atoms with Gasteiger partial charge in [-0.15, -0.1) is 10.2 Å². The van der Waals surface area contributed by atoms with Gasteiger partial charge in [0.05, 0.1) is 29.6 Å². The smallest absolute Gasteiger partial charge is 0.237 e. The molecule has 0 aliphatic carbocycles. The number of nitrogens with one attached hydrogen (secondary N) is 1. The minimum absolute atomic E-state index is 0.172. The Bertz CT molecular complexity index is 1060. The van der Waals surface area contributed by atoms with Crippen LogP contribution in [0.15, 0.2) is 53.7 Å². The van der Waals surface area contributed by atoms with Crippen molar-refractivity contribution in [1.29, 1.82) is 5.26 Å².